The van der Waals surface area contributed by atoms with E-state index in [4.69, 9.17) is 4.74 Å². The Hall–Kier alpha value is -2.98. The molecule has 0 aliphatic carbocycles. The molecule has 0 aliphatic rings. The lowest BCUT2D eigenvalue weighted by Gasteiger charge is -2.07. The van der Waals surface area contributed by atoms with E-state index < -0.39 is 24.4 Å². The van der Waals surface area contributed by atoms with Crippen LogP contribution < -0.4 is 15.8 Å². The molecule has 0 aliphatic heterocycles. The zero-order valence-corrected chi connectivity index (χ0v) is 16.1. The normalized spacial score (nSPS) is 10.4. The number of amides is 2. The fourth-order valence-electron chi connectivity index (χ4n) is 2.04. The number of hydrazine groups is 1. The Labute approximate surface area is 162 Å². The van der Waals surface area contributed by atoms with Gasteiger partial charge in [0, 0.05) is 19.7 Å². The van der Waals surface area contributed by atoms with Gasteiger partial charge in [-0.1, -0.05) is 29.5 Å². The predicted molar refractivity (Wildman–Crippen MR) is 104 cm³/mol. The van der Waals surface area contributed by atoms with Gasteiger partial charge in [0.25, 0.3) is 11.8 Å². The van der Waals surface area contributed by atoms with Gasteiger partial charge in [-0.25, -0.2) is 9.78 Å². The highest BCUT2D eigenvalue weighted by Gasteiger charge is 2.17. The van der Waals surface area contributed by atoms with Gasteiger partial charge in [0.1, 0.15) is 9.71 Å². The van der Waals surface area contributed by atoms with E-state index >= 15 is 0 Å². The van der Waals surface area contributed by atoms with Crippen molar-refractivity contribution in [3.05, 3.63) is 46.8 Å². The number of nitrogens with one attached hydrogen (secondary N) is 2. The molecular formula is C17H16N4O4S2. The molecule has 0 bridgehead atoms. The largest absolute Gasteiger partial charge is 0.451 e. The monoisotopic (exact) mass is 404 g/mol. The van der Waals surface area contributed by atoms with Crippen LogP contribution in [0.4, 0.5) is 5.13 Å². The summed E-state index contributed by atoms with van der Waals surface area (Å²) in [6.07, 6.45) is 0. The second-order valence-corrected chi connectivity index (χ2v) is 7.66. The summed E-state index contributed by atoms with van der Waals surface area (Å²) in [6.45, 7) is -0.504. The van der Waals surface area contributed by atoms with E-state index in [1.165, 1.54) is 22.7 Å². The number of carbonyl (C=O) groups excluding carboxylic acids is 3. The Kier molecular flexibility index (Phi) is 5.67. The lowest BCUT2D eigenvalue weighted by molar-refractivity contribution is -0.125. The van der Waals surface area contributed by atoms with Crippen LogP contribution >= 0.6 is 22.7 Å². The molecule has 0 spiro atoms. The van der Waals surface area contributed by atoms with Crippen molar-refractivity contribution in [1.29, 1.82) is 0 Å². The molecule has 0 saturated heterocycles. The molecule has 10 heteroatoms. The van der Waals surface area contributed by atoms with Gasteiger partial charge in [-0.2, -0.15) is 0 Å². The number of nitrogens with zero attached hydrogens (tertiary/aromatic N) is 2. The van der Waals surface area contributed by atoms with Crippen LogP contribution in [0.2, 0.25) is 0 Å². The predicted octanol–water partition coefficient (Wildman–Crippen LogP) is 2.04. The van der Waals surface area contributed by atoms with Crippen LogP contribution in [0.25, 0.3) is 9.53 Å². The molecule has 27 heavy (non-hydrogen) atoms. The minimum atomic E-state index is -0.640. The van der Waals surface area contributed by atoms with Crippen molar-refractivity contribution >= 4 is 55.1 Å². The second kappa shape index (κ2) is 8.14. The summed E-state index contributed by atoms with van der Waals surface area (Å²) in [5.41, 5.74) is 4.86. The lowest BCUT2D eigenvalue weighted by Crippen LogP contribution is -2.43. The van der Waals surface area contributed by atoms with Gasteiger partial charge in [0.05, 0.1) is 4.70 Å². The van der Waals surface area contributed by atoms with Crippen LogP contribution in [0.1, 0.15) is 20.0 Å². The third kappa shape index (κ3) is 4.60. The number of thiophene rings is 1. The quantitative estimate of drug-likeness (QED) is 0.499. The number of hydrogen-bond donors (Lipinski definition) is 2. The third-order valence-corrected chi connectivity index (χ3v) is 5.66. The van der Waals surface area contributed by atoms with Gasteiger partial charge in [0.2, 0.25) is 0 Å². The number of rotatable bonds is 5. The van der Waals surface area contributed by atoms with Crippen molar-refractivity contribution in [3.8, 4) is 0 Å². The fraction of sp³-hybridized carbons (Fsp3) is 0.176. The molecule has 0 unspecified atom stereocenters. The maximum atomic E-state index is 12.1. The molecular weight excluding hydrogens is 388 g/mol. The van der Waals surface area contributed by atoms with E-state index in [1.54, 1.807) is 36.4 Å². The molecule has 0 radical (unpaired) electrons. The number of esters is 1. The summed E-state index contributed by atoms with van der Waals surface area (Å²) >= 11 is 2.68. The Morgan fingerprint density at radius 2 is 1.85 bits per heavy atom. The van der Waals surface area contributed by atoms with Gasteiger partial charge in [-0.3, -0.25) is 20.4 Å². The molecule has 2 heterocycles. The van der Waals surface area contributed by atoms with Crippen LogP contribution in [0, 0.1) is 0 Å². The van der Waals surface area contributed by atoms with E-state index in [0.717, 1.165) is 14.7 Å². The molecule has 3 aromatic rings. The first-order chi connectivity index (χ1) is 12.9. The zero-order valence-electron chi connectivity index (χ0n) is 14.5. The molecule has 0 saturated carbocycles. The minimum absolute atomic E-state index is 0.371. The highest BCUT2D eigenvalue weighted by Crippen LogP contribution is 2.34. The zero-order chi connectivity index (χ0) is 19.4. The van der Waals surface area contributed by atoms with Gasteiger partial charge in [-0.05, 0) is 18.2 Å². The van der Waals surface area contributed by atoms with Gasteiger partial charge >= 0.3 is 5.97 Å². The number of carbonyl (C=O) groups is 3. The number of anilines is 1. The molecule has 3 rings (SSSR count). The summed E-state index contributed by atoms with van der Waals surface area (Å²) in [6, 6.07) is 10.1. The number of aromatic nitrogens is 1. The van der Waals surface area contributed by atoms with Gasteiger partial charge in [0.15, 0.2) is 11.7 Å². The summed E-state index contributed by atoms with van der Waals surface area (Å²) in [5, 5.41) is 0.852. The van der Waals surface area contributed by atoms with E-state index in [2.05, 4.69) is 15.8 Å². The first kappa shape index (κ1) is 18.8. The third-order valence-electron chi connectivity index (χ3n) is 3.35. The highest BCUT2D eigenvalue weighted by atomic mass is 32.1. The molecule has 140 valence electrons. The summed E-state index contributed by atoms with van der Waals surface area (Å²) in [5.74, 6) is -1.71. The first-order valence-electron chi connectivity index (χ1n) is 7.83. The standard InChI is InChI=1S/C17H16N4O4S2/c1-21(2)17-18-15-11(27-17)8-12(26-15)16(24)25-9-13(22)19-20-14(23)10-6-4-3-5-7-10/h3-8H,9H2,1-2H3,(H,19,22)(H,20,23). The summed E-state index contributed by atoms with van der Waals surface area (Å²) in [7, 11) is 3.79. The molecule has 1 aromatic carbocycles. The van der Waals surface area contributed by atoms with Crippen molar-refractivity contribution in [1.82, 2.24) is 15.8 Å². The molecule has 0 atom stereocenters. The van der Waals surface area contributed by atoms with Crippen LogP contribution in [-0.2, 0) is 9.53 Å². The van der Waals surface area contributed by atoms with Gasteiger partial charge in [-0.15, -0.1) is 11.3 Å². The fourth-order valence-corrected chi connectivity index (χ4v) is 4.07. The van der Waals surface area contributed by atoms with Crippen LogP contribution in [0.15, 0.2) is 36.4 Å². The molecule has 0 fully saturated rings. The van der Waals surface area contributed by atoms with Crippen molar-refractivity contribution in [2.24, 2.45) is 0 Å². The van der Waals surface area contributed by atoms with Crippen molar-refractivity contribution in [3.63, 3.8) is 0 Å². The van der Waals surface area contributed by atoms with Crippen molar-refractivity contribution in [2.45, 2.75) is 0 Å². The maximum Gasteiger partial charge on any atom is 0.348 e. The van der Waals surface area contributed by atoms with Crippen LogP contribution in [0.3, 0.4) is 0 Å². The molecule has 2 aromatic heterocycles. The molecule has 8 nitrogen and oxygen atoms in total. The second-order valence-electron chi connectivity index (χ2n) is 5.62. The van der Waals surface area contributed by atoms with Crippen molar-refractivity contribution < 1.29 is 19.1 Å². The van der Waals surface area contributed by atoms with E-state index in [9.17, 15) is 14.4 Å². The summed E-state index contributed by atoms with van der Waals surface area (Å²) < 4.78 is 5.86. The smallest absolute Gasteiger partial charge is 0.348 e. The van der Waals surface area contributed by atoms with Gasteiger partial charge < -0.3 is 9.64 Å². The number of fused-ring (bicyclic) bond motifs is 1. The number of thiazole rings is 1. The van der Waals surface area contributed by atoms with E-state index in [0.29, 0.717) is 10.4 Å². The SMILES string of the molecule is CN(C)c1nc2sc(C(=O)OCC(=O)NNC(=O)c3ccccc3)cc2s1. The lowest BCUT2D eigenvalue weighted by atomic mass is 10.2. The van der Waals surface area contributed by atoms with Crippen molar-refractivity contribution in [2.75, 3.05) is 25.6 Å². The van der Waals surface area contributed by atoms with E-state index in [-0.39, 0.29) is 0 Å². The first-order valence-corrected chi connectivity index (χ1v) is 9.46. The summed E-state index contributed by atoms with van der Waals surface area (Å²) in [4.78, 5) is 43.1. The van der Waals surface area contributed by atoms with Crippen LogP contribution in [0.5, 0.6) is 0 Å². The number of ether oxygens (including phenoxy) is 1. The molecule has 2 amide bonds. The minimum Gasteiger partial charge on any atom is -0.451 e. The topological polar surface area (TPSA) is 101 Å². The van der Waals surface area contributed by atoms with E-state index in [1.807, 2.05) is 19.0 Å². The Bertz CT molecular complexity index is 950. The Morgan fingerprint density at radius 3 is 2.52 bits per heavy atom. The highest BCUT2D eigenvalue weighted by molar-refractivity contribution is 7.29. The average molecular weight is 404 g/mol. The maximum absolute atomic E-state index is 12.1. The number of hydrogen-bond acceptors (Lipinski definition) is 8. The number of benzene rings is 1. The Balaban J connectivity index is 1.49. The van der Waals surface area contributed by atoms with Crippen LogP contribution in [-0.4, -0.2) is 43.5 Å². The molecule has 2 N–H and O–H groups in total. The Morgan fingerprint density at radius 1 is 1.11 bits per heavy atom. The average Bonchev–Trinajstić information content (AvgIpc) is 3.24.